The molecule has 4 N–H and O–H groups in total. The lowest BCUT2D eigenvalue weighted by molar-refractivity contribution is 0.184. The van der Waals surface area contributed by atoms with Gasteiger partial charge in [0.15, 0.2) is 5.82 Å². The molecule has 2 rings (SSSR count). The molecule has 1 atom stereocenters. The quantitative estimate of drug-likeness (QED) is 0.467. The van der Waals surface area contributed by atoms with E-state index in [1.165, 1.54) is 5.56 Å². The number of hydrogen-bond acceptors (Lipinski definition) is 5. The second-order valence-electron chi connectivity index (χ2n) is 7.90. The molecule has 9 heteroatoms. The average molecular weight is 404 g/mol. The summed E-state index contributed by atoms with van der Waals surface area (Å²) in [4.78, 5) is 25.9. The van der Waals surface area contributed by atoms with E-state index in [1.54, 1.807) is 0 Å². The van der Waals surface area contributed by atoms with Crippen molar-refractivity contribution in [2.45, 2.75) is 57.9 Å². The number of aromatic nitrogens is 2. The molecule has 0 fully saturated rings. The van der Waals surface area contributed by atoms with Gasteiger partial charge in [0.2, 0.25) is 5.89 Å². The third kappa shape index (κ3) is 7.44. The zero-order chi connectivity index (χ0) is 21.4. The molecule has 29 heavy (non-hydrogen) atoms. The SMILES string of the molecule is CC(C)(C)c1ccc(Cc2noc(C(CCCCNC(=O)O)NC(=O)O)n2)cc1. The van der Waals surface area contributed by atoms with E-state index in [1.807, 2.05) is 12.1 Å². The van der Waals surface area contributed by atoms with E-state index < -0.39 is 18.2 Å². The van der Waals surface area contributed by atoms with Crippen molar-refractivity contribution in [3.8, 4) is 0 Å². The van der Waals surface area contributed by atoms with Gasteiger partial charge in [0.05, 0.1) is 0 Å². The van der Waals surface area contributed by atoms with Gasteiger partial charge in [0.25, 0.3) is 0 Å². The predicted molar refractivity (Wildman–Crippen MR) is 106 cm³/mol. The zero-order valence-corrected chi connectivity index (χ0v) is 16.9. The average Bonchev–Trinajstić information content (AvgIpc) is 3.08. The number of hydrogen-bond donors (Lipinski definition) is 4. The fourth-order valence-corrected chi connectivity index (χ4v) is 2.86. The van der Waals surface area contributed by atoms with Crippen molar-refractivity contribution in [2.24, 2.45) is 0 Å². The molecule has 158 valence electrons. The first-order valence-corrected chi connectivity index (χ1v) is 9.53. The molecule has 0 radical (unpaired) electrons. The summed E-state index contributed by atoms with van der Waals surface area (Å²) in [6.45, 7) is 6.76. The van der Waals surface area contributed by atoms with Crippen LogP contribution in [0.5, 0.6) is 0 Å². The normalized spacial score (nSPS) is 12.4. The molecule has 1 unspecified atom stereocenters. The Morgan fingerprint density at radius 1 is 1.10 bits per heavy atom. The van der Waals surface area contributed by atoms with Crippen molar-refractivity contribution in [1.29, 1.82) is 0 Å². The standard InChI is InChI=1S/C20H28N4O5/c1-20(2,3)14-9-7-13(8-10-14)12-16-23-17(29-24-16)15(22-19(27)28)6-4-5-11-21-18(25)26/h7-10,15,21-22H,4-6,11-12H2,1-3H3,(H,25,26)(H,27,28). The van der Waals surface area contributed by atoms with Crippen molar-refractivity contribution in [3.63, 3.8) is 0 Å². The highest BCUT2D eigenvalue weighted by molar-refractivity contribution is 5.65. The minimum Gasteiger partial charge on any atom is -0.465 e. The molecule has 0 saturated heterocycles. The lowest BCUT2D eigenvalue weighted by Crippen LogP contribution is -2.27. The van der Waals surface area contributed by atoms with Crippen LogP contribution in [0, 0.1) is 0 Å². The largest absolute Gasteiger partial charge is 0.465 e. The van der Waals surface area contributed by atoms with E-state index in [2.05, 4.69) is 53.7 Å². The van der Waals surface area contributed by atoms with Crippen LogP contribution in [-0.2, 0) is 11.8 Å². The summed E-state index contributed by atoms with van der Waals surface area (Å²) in [6, 6.07) is 7.58. The van der Waals surface area contributed by atoms with E-state index >= 15 is 0 Å². The smallest absolute Gasteiger partial charge is 0.405 e. The Hall–Kier alpha value is -3.10. The molecule has 0 aliphatic rings. The highest BCUT2D eigenvalue weighted by Gasteiger charge is 2.21. The minimum absolute atomic E-state index is 0.0769. The summed E-state index contributed by atoms with van der Waals surface area (Å²) in [5, 5.41) is 26.2. The summed E-state index contributed by atoms with van der Waals surface area (Å²) in [7, 11) is 0. The molecule has 2 amide bonds. The Kier molecular flexibility index (Phi) is 7.58. The van der Waals surface area contributed by atoms with Crippen molar-refractivity contribution in [2.75, 3.05) is 6.54 Å². The monoisotopic (exact) mass is 404 g/mol. The summed E-state index contributed by atoms with van der Waals surface area (Å²) in [5.74, 6) is 0.688. The van der Waals surface area contributed by atoms with Gasteiger partial charge in [0, 0.05) is 13.0 Å². The van der Waals surface area contributed by atoms with Crippen LogP contribution in [-0.4, -0.2) is 39.1 Å². The third-order valence-corrected chi connectivity index (χ3v) is 4.46. The van der Waals surface area contributed by atoms with Crippen molar-refractivity contribution < 1.29 is 24.3 Å². The topological polar surface area (TPSA) is 138 Å². The molecular weight excluding hydrogens is 376 g/mol. The third-order valence-electron chi connectivity index (χ3n) is 4.46. The van der Waals surface area contributed by atoms with Gasteiger partial charge in [-0.1, -0.05) is 50.2 Å². The van der Waals surface area contributed by atoms with Gasteiger partial charge < -0.3 is 25.4 Å². The fraction of sp³-hybridized carbons (Fsp3) is 0.500. The highest BCUT2D eigenvalue weighted by atomic mass is 16.5. The minimum atomic E-state index is -1.18. The van der Waals surface area contributed by atoms with Crippen LogP contribution in [0.4, 0.5) is 9.59 Å². The molecule has 0 saturated carbocycles. The van der Waals surface area contributed by atoms with Crippen LogP contribution in [0.1, 0.15) is 68.9 Å². The maximum absolute atomic E-state index is 11.1. The number of rotatable bonds is 9. The van der Waals surface area contributed by atoms with Crippen LogP contribution >= 0.6 is 0 Å². The fourth-order valence-electron chi connectivity index (χ4n) is 2.86. The molecule has 0 aliphatic heterocycles. The zero-order valence-electron chi connectivity index (χ0n) is 16.9. The molecule has 9 nitrogen and oxygen atoms in total. The lowest BCUT2D eigenvalue weighted by Gasteiger charge is -2.18. The van der Waals surface area contributed by atoms with Gasteiger partial charge >= 0.3 is 12.2 Å². The summed E-state index contributed by atoms with van der Waals surface area (Å²) >= 11 is 0. The number of carbonyl (C=O) groups is 2. The molecular formula is C20H28N4O5. The van der Waals surface area contributed by atoms with Crippen LogP contribution in [0.2, 0.25) is 0 Å². The molecule has 0 bridgehead atoms. The Morgan fingerprint density at radius 2 is 1.79 bits per heavy atom. The van der Waals surface area contributed by atoms with Gasteiger partial charge in [-0.15, -0.1) is 0 Å². The Morgan fingerprint density at radius 3 is 2.38 bits per heavy atom. The van der Waals surface area contributed by atoms with E-state index in [4.69, 9.17) is 14.7 Å². The number of unbranched alkanes of at least 4 members (excludes halogenated alkanes) is 1. The van der Waals surface area contributed by atoms with Crippen LogP contribution in [0.15, 0.2) is 28.8 Å². The molecule has 1 aromatic heterocycles. The number of carboxylic acid groups (broad SMARTS) is 2. The maximum Gasteiger partial charge on any atom is 0.405 e. The molecule has 1 heterocycles. The second kappa shape index (κ2) is 9.90. The summed E-state index contributed by atoms with van der Waals surface area (Å²) in [5.41, 5.74) is 2.35. The van der Waals surface area contributed by atoms with E-state index in [-0.39, 0.29) is 11.3 Å². The van der Waals surface area contributed by atoms with Crippen LogP contribution in [0.3, 0.4) is 0 Å². The first kappa shape index (κ1) is 22.2. The van der Waals surface area contributed by atoms with Crippen molar-refractivity contribution in [1.82, 2.24) is 20.8 Å². The van der Waals surface area contributed by atoms with E-state index in [9.17, 15) is 9.59 Å². The van der Waals surface area contributed by atoms with Crippen molar-refractivity contribution >= 4 is 12.2 Å². The molecule has 0 spiro atoms. The Balaban J connectivity index is 1.98. The predicted octanol–water partition coefficient (Wildman–Crippen LogP) is 3.70. The van der Waals surface area contributed by atoms with Gasteiger partial charge in [0.1, 0.15) is 6.04 Å². The highest BCUT2D eigenvalue weighted by Crippen LogP contribution is 2.23. The van der Waals surface area contributed by atoms with Crippen LogP contribution < -0.4 is 10.6 Å². The number of amides is 2. The summed E-state index contributed by atoms with van der Waals surface area (Å²) < 4.78 is 5.28. The Labute approximate surface area is 169 Å². The first-order chi connectivity index (χ1) is 13.6. The van der Waals surface area contributed by atoms with Crippen LogP contribution in [0.25, 0.3) is 0 Å². The first-order valence-electron chi connectivity index (χ1n) is 9.53. The molecule has 0 aliphatic carbocycles. The van der Waals surface area contributed by atoms with Gasteiger partial charge in [-0.05, 0) is 35.8 Å². The Bertz CT molecular complexity index is 811. The van der Waals surface area contributed by atoms with Gasteiger partial charge in [-0.2, -0.15) is 4.98 Å². The summed E-state index contributed by atoms with van der Waals surface area (Å²) in [6.07, 6.45) is -0.188. The number of nitrogens with one attached hydrogen (secondary N) is 2. The lowest BCUT2D eigenvalue weighted by atomic mass is 9.86. The van der Waals surface area contributed by atoms with E-state index in [0.29, 0.717) is 38.1 Å². The van der Waals surface area contributed by atoms with E-state index in [0.717, 1.165) is 5.56 Å². The van der Waals surface area contributed by atoms with Gasteiger partial charge in [-0.25, -0.2) is 9.59 Å². The molecule has 1 aromatic carbocycles. The number of nitrogens with zero attached hydrogens (tertiary/aromatic N) is 2. The maximum atomic E-state index is 11.1. The van der Waals surface area contributed by atoms with Crippen molar-refractivity contribution in [3.05, 3.63) is 47.1 Å². The second-order valence-corrected chi connectivity index (χ2v) is 7.90. The number of benzene rings is 1. The molecule has 2 aromatic rings. The van der Waals surface area contributed by atoms with Gasteiger partial charge in [-0.3, -0.25) is 0 Å².